The molecular weight excluding hydrogens is 340 g/mol. The lowest BCUT2D eigenvalue weighted by molar-refractivity contribution is -0.144. The van der Waals surface area contributed by atoms with Gasteiger partial charge in [-0.2, -0.15) is 0 Å². The minimum atomic E-state index is -0.980. The zero-order chi connectivity index (χ0) is 18.4. The highest BCUT2D eigenvalue weighted by Gasteiger charge is 2.29. The standard InChI is InChI=1S/C17H20N4O3S/c1-4-10-21-15(12-6-8-13(18)9-7-12)19-20-17(21)25-14(11(3)22)16(23)24-5-2/h4,6-9,14H,1,5,10,18H2,2-3H3. The molecule has 0 fully saturated rings. The Kier molecular flexibility index (Phi) is 6.35. The van der Waals surface area contributed by atoms with Crippen molar-refractivity contribution in [3.63, 3.8) is 0 Å². The highest BCUT2D eigenvalue weighted by atomic mass is 32.2. The molecule has 0 saturated carbocycles. The molecule has 2 rings (SSSR count). The van der Waals surface area contributed by atoms with Crippen LogP contribution in [0.15, 0.2) is 42.1 Å². The summed E-state index contributed by atoms with van der Waals surface area (Å²) in [5.74, 6) is -0.276. The fourth-order valence-electron chi connectivity index (χ4n) is 2.14. The van der Waals surface area contributed by atoms with Crippen LogP contribution in [0.25, 0.3) is 11.4 Å². The molecule has 0 bridgehead atoms. The predicted octanol–water partition coefficient (Wildman–Crippen LogP) is 2.33. The first-order chi connectivity index (χ1) is 12.0. The Labute approximate surface area is 150 Å². The lowest BCUT2D eigenvalue weighted by Crippen LogP contribution is -2.27. The smallest absolute Gasteiger partial charge is 0.327 e. The van der Waals surface area contributed by atoms with Crippen LogP contribution in [-0.4, -0.2) is 38.4 Å². The van der Waals surface area contributed by atoms with Crippen LogP contribution in [0.1, 0.15) is 13.8 Å². The topological polar surface area (TPSA) is 100 Å². The van der Waals surface area contributed by atoms with Gasteiger partial charge in [-0.25, -0.2) is 0 Å². The van der Waals surface area contributed by atoms with Gasteiger partial charge in [0.15, 0.2) is 22.0 Å². The second-order valence-electron chi connectivity index (χ2n) is 5.19. The molecule has 1 heterocycles. The number of hydrogen-bond acceptors (Lipinski definition) is 7. The number of nitrogen functional groups attached to an aromatic ring is 1. The van der Waals surface area contributed by atoms with E-state index in [1.807, 2.05) is 12.1 Å². The molecule has 8 heteroatoms. The Balaban J connectivity index is 2.37. The van der Waals surface area contributed by atoms with Gasteiger partial charge in [-0.1, -0.05) is 17.8 Å². The fourth-order valence-corrected chi connectivity index (χ4v) is 3.05. The Hall–Kier alpha value is -2.61. The van der Waals surface area contributed by atoms with Gasteiger partial charge in [0.25, 0.3) is 0 Å². The van der Waals surface area contributed by atoms with Gasteiger partial charge < -0.3 is 10.5 Å². The van der Waals surface area contributed by atoms with Gasteiger partial charge in [-0.05, 0) is 38.1 Å². The van der Waals surface area contributed by atoms with Crippen LogP contribution in [0.4, 0.5) is 5.69 Å². The summed E-state index contributed by atoms with van der Waals surface area (Å²) in [6.07, 6.45) is 1.70. The van der Waals surface area contributed by atoms with Crippen LogP contribution < -0.4 is 5.73 Å². The summed E-state index contributed by atoms with van der Waals surface area (Å²) in [5.41, 5.74) is 7.19. The monoisotopic (exact) mass is 360 g/mol. The maximum atomic E-state index is 12.0. The van der Waals surface area contributed by atoms with Gasteiger partial charge in [0.2, 0.25) is 0 Å². The van der Waals surface area contributed by atoms with Crippen molar-refractivity contribution < 1.29 is 14.3 Å². The molecule has 0 aliphatic rings. The van der Waals surface area contributed by atoms with Crippen molar-refractivity contribution in [2.75, 3.05) is 12.3 Å². The number of nitrogens with zero attached hydrogens (tertiary/aromatic N) is 3. The first-order valence-electron chi connectivity index (χ1n) is 7.71. The van der Waals surface area contributed by atoms with Gasteiger partial charge >= 0.3 is 5.97 Å². The molecule has 132 valence electrons. The highest BCUT2D eigenvalue weighted by molar-refractivity contribution is 8.01. The lowest BCUT2D eigenvalue weighted by Gasteiger charge is -2.13. The minimum absolute atomic E-state index is 0.208. The van der Waals surface area contributed by atoms with E-state index in [1.165, 1.54) is 6.92 Å². The van der Waals surface area contributed by atoms with Crippen LogP contribution in [0, 0.1) is 0 Å². The van der Waals surface area contributed by atoms with Gasteiger partial charge in [-0.15, -0.1) is 16.8 Å². The quantitative estimate of drug-likeness (QED) is 0.253. The van der Waals surface area contributed by atoms with Crippen molar-refractivity contribution in [3.05, 3.63) is 36.9 Å². The molecule has 0 radical (unpaired) electrons. The largest absolute Gasteiger partial charge is 0.465 e. The zero-order valence-corrected chi connectivity index (χ0v) is 15.0. The molecule has 25 heavy (non-hydrogen) atoms. The Morgan fingerprint density at radius 3 is 2.60 bits per heavy atom. The van der Waals surface area contributed by atoms with E-state index in [4.69, 9.17) is 10.5 Å². The number of anilines is 1. The first kappa shape index (κ1) is 18.7. The van der Waals surface area contributed by atoms with Crippen LogP contribution >= 0.6 is 11.8 Å². The Bertz CT molecular complexity index is 771. The highest BCUT2D eigenvalue weighted by Crippen LogP contribution is 2.28. The third-order valence-corrected chi connectivity index (χ3v) is 4.56. The van der Waals surface area contributed by atoms with Crippen molar-refractivity contribution in [1.82, 2.24) is 14.8 Å². The number of ketones is 1. The van der Waals surface area contributed by atoms with E-state index in [9.17, 15) is 9.59 Å². The summed E-state index contributed by atoms with van der Waals surface area (Å²) in [6.45, 7) is 7.43. The van der Waals surface area contributed by atoms with Crippen LogP contribution in [-0.2, 0) is 20.9 Å². The van der Waals surface area contributed by atoms with Gasteiger partial charge in [0.05, 0.1) is 6.61 Å². The van der Waals surface area contributed by atoms with Crippen LogP contribution in [0.5, 0.6) is 0 Å². The number of carbonyl (C=O) groups excluding carboxylic acids is 2. The second-order valence-corrected chi connectivity index (χ2v) is 6.26. The number of Topliss-reactive ketones (excluding diaryl/α,β-unsaturated/α-hetero) is 1. The summed E-state index contributed by atoms with van der Waals surface area (Å²) in [6, 6.07) is 7.21. The minimum Gasteiger partial charge on any atom is -0.465 e. The predicted molar refractivity (Wildman–Crippen MR) is 97.0 cm³/mol. The molecule has 0 spiro atoms. The molecular formula is C17H20N4O3S. The summed E-state index contributed by atoms with van der Waals surface area (Å²) in [5, 5.41) is 7.79. The molecule has 1 aromatic heterocycles. The number of carbonyl (C=O) groups is 2. The van der Waals surface area contributed by atoms with Crippen molar-refractivity contribution in [2.45, 2.75) is 30.8 Å². The average Bonchev–Trinajstić information content (AvgIpc) is 2.96. The van der Waals surface area contributed by atoms with E-state index in [1.54, 1.807) is 29.7 Å². The van der Waals surface area contributed by atoms with Crippen molar-refractivity contribution in [3.8, 4) is 11.4 Å². The van der Waals surface area contributed by atoms with Crippen molar-refractivity contribution >= 4 is 29.2 Å². The number of benzene rings is 1. The van der Waals surface area contributed by atoms with Crippen LogP contribution in [0.2, 0.25) is 0 Å². The molecule has 7 nitrogen and oxygen atoms in total. The van der Waals surface area contributed by atoms with Gasteiger partial charge in [0, 0.05) is 17.8 Å². The summed E-state index contributed by atoms with van der Waals surface area (Å²) < 4.78 is 6.76. The van der Waals surface area contributed by atoms with E-state index in [0.717, 1.165) is 17.3 Å². The Morgan fingerprint density at radius 1 is 1.36 bits per heavy atom. The number of hydrogen-bond donors (Lipinski definition) is 1. The maximum Gasteiger partial charge on any atom is 0.327 e. The molecule has 1 aromatic carbocycles. The van der Waals surface area contributed by atoms with E-state index in [-0.39, 0.29) is 12.4 Å². The molecule has 0 saturated heterocycles. The van der Waals surface area contributed by atoms with Crippen molar-refractivity contribution in [2.24, 2.45) is 0 Å². The molecule has 2 N–H and O–H groups in total. The molecule has 0 amide bonds. The normalized spacial score (nSPS) is 11.8. The average molecular weight is 360 g/mol. The number of thioether (sulfide) groups is 1. The number of esters is 1. The number of nitrogens with two attached hydrogens (primary N) is 1. The number of rotatable bonds is 8. The lowest BCUT2D eigenvalue weighted by atomic mass is 10.2. The molecule has 2 aromatic rings. The molecule has 0 aliphatic carbocycles. The van der Waals surface area contributed by atoms with Gasteiger partial charge in [-0.3, -0.25) is 14.2 Å². The summed E-state index contributed by atoms with van der Waals surface area (Å²) in [4.78, 5) is 23.9. The maximum absolute atomic E-state index is 12.0. The fraction of sp³-hybridized carbons (Fsp3) is 0.294. The molecule has 1 unspecified atom stereocenters. The first-order valence-corrected chi connectivity index (χ1v) is 8.59. The zero-order valence-electron chi connectivity index (χ0n) is 14.1. The second kappa shape index (κ2) is 8.48. The SMILES string of the molecule is C=CCn1c(SC(C(C)=O)C(=O)OCC)nnc1-c1ccc(N)cc1. The van der Waals surface area contributed by atoms with Crippen LogP contribution in [0.3, 0.4) is 0 Å². The Morgan fingerprint density at radius 2 is 2.04 bits per heavy atom. The molecule has 1 atom stereocenters. The molecule has 0 aliphatic heterocycles. The van der Waals surface area contributed by atoms with E-state index >= 15 is 0 Å². The van der Waals surface area contributed by atoms with E-state index in [2.05, 4.69) is 16.8 Å². The number of ether oxygens (including phenoxy) is 1. The summed E-state index contributed by atoms with van der Waals surface area (Å²) >= 11 is 1.02. The third-order valence-electron chi connectivity index (χ3n) is 3.29. The third kappa shape index (κ3) is 4.48. The number of aromatic nitrogens is 3. The van der Waals surface area contributed by atoms with Crippen molar-refractivity contribution in [1.29, 1.82) is 0 Å². The van der Waals surface area contributed by atoms with E-state index in [0.29, 0.717) is 23.2 Å². The number of allylic oxidation sites excluding steroid dienone is 1. The van der Waals surface area contributed by atoms with E-state index < -0.39 is 11.2 Å². The summed E-state index contributed by atoms with van der Waals surface area (Å²) in [7, 11) is 0. The van der Waals surface area contributed by atoms with Gasteiger partial charge in [0.1, 0.15) is 0 Å².